The van der Waals surface area contributed by atoms with E-state index in [0.717, 1.165) is 23.6 Å². The minimum atomic E-state index is -0.589. The van der Waals surface area contributed by atoms with Gasteiger partial charge in [0, 0.05) is 5.30 Å². The third kappa shape index (κ3) is 5.28. The van der Waals surface area contributed by atoms with Crippen molar-refractivity contribution in [1.29, 1.82) is 0 Å². The second-order valence-electron chi connectivity index (χ2n) is 7.43. The molecule has 2 atom stereocenters. The first-order valence-corrected chi connectivity index (χ1v) is 13.8. The molecule has 0 radical (unpaired) electrons. The lowest BCUT2D eigenvalue weighted by Gasteiger charge is -2.26. The summed E-state index contributed by atoms with van der Waals surface area (Å²) in [5.41, 5.74) is 1.03. The summed E-state index contributed by atoms with van der Waals surface area (Å²) >= 11 is 0. The zero-order chi connectivity index (χ0) is 22.2. The lowest BCUT2D eigenvalue weighted by atomic mass is 10.2. The van der Waals surface area contributed by atoms with E-state index in [1.807, 2.05) is 18.2 Å². The van der Waals surface area contributed by atoms with Gasteiger partial charge in [-0.05, 0) is 55.7 Å². The van der Waals surface area contributed by atoms with Crippen molar-refractivity contribution < 1.29 is 9.84 Å². The zero-order valence-corrected chi connectivity index (χ0v) is 20.1. The summed E-state index contributed by atoms with van der Waals surface area (Å²) < 4.78 is 5.75. The summed E-state index contributed by atoms with van der Waals surface area (Å²) in [6, 6.07) is 38.3. The smallest absolute Gasteiger partial charge is 0.126 e. The molecule has 0 spiro atoms. The van der Waals surface area contributed by atoms with Crippen LogP contribution in [0.1, 0.15) is 5.56 Å². The van der Waals surface area contributed by atoms with Crippen molar-refractivity contribution in [3.63, 3.8) is 0 Å². The summed E-state index contributed by atoms with van der Waals surface area (Å²) in [6.07, 6.45) is 2.11. The Morgan fingerprint density at radius 3 is 1.62 bits per heavy atom. The molecule has 0 bridgehead atoms. The maximum atomic E-state index is 10.0. The van der Waals surface area contributed by atoms with E-state index in [1.165, 1.54) is 21.2 Å². The number of methoxy groups -OCH3 is 1. The molecule has 0 aliphatic heterocycles. The van der Waals surface area contributed by atoms with Crippen LogP contribution in [-0.2, 0) is 6.61 Å². The van der Waals surface area contributed by atoms with E-state index in [9.17, 15) is 5.11 Å². The molecule has 4 rings (SSSR count). The lowest BCUT2D eigenvalue weighted by molar-refractivity contribution is 0.283. The summed E-state index contributed by atoms with van der Waals surface area (Å²) in [5.74, 6) is 0.960. The number of aliphatic hydroxyl groups excluding tert-OH is 1. The summed E-state index contributed by atoms with van der Waals surface area (Å²) in [4.78, 5) is 0. The van der Waals surface area contributed by atoms with Crippen LogP contribution >= 0.6 is 15.8 Å². The molecule has 0 amide bonds. The number of rotatable bonds is 9. The van der Waals surface area contributed by atoms with Crippen LogP contribution in [0, 0.1) is 0 Å². The Balaban J connectivity index is 1.72. The molecule has 0 saturated carbocycles. The zero-order valence-electron chi connectivity index (χ0n) is 18.3. The number of hydrogen-bond donors (Lipinski definition) is 1. The molecule has 4 aromatic carbocycles. The number of aliphatic hydroxyl groups is 1. The molecule has 32 heavy (non-hydrogen) atoms. The molecular formula is C28H28O2P2. The van der Waals surface area contributed by atoms with E-state index in [2.05, 4.69) is 91.0 Å². The predicted molar refractivity (Wildman–Crippen MR) is 140 cm³/mol. The molecule has 1 unspecified atom stereocenters. The van der Waals surface area contributed by atoms with Crippen LogP contribution in [0.2, 0.25) is 0 Å². The van der Waals surface area contributed by atoms with Crippen molar-refractivity contribution in [1.82, 2.24) is 0 Å². The second kappa shape index (κ2) is 11.4. The van der Waals surface area contributed by atoms with Crippen LogP contribution in [0.15, 0.2) is 109 Å². The number of ether oxygens (including phenoxy) is 1. The van der Waals surface area contributed by atoms with Gasteiger partial charge in [0.1, 0.15) is 5.75 Å². The van der Waals surface area contributed by atoms with Crippen molar-refractivity contribution in [3.8, 4) is 5.75 Å². The summed E-state index contributed by atoms with van der Waals surface area (Å²) in [5, 5.41) is 15.3. The highest BCUT2D eigenvalue weighted by atomic mass is 31.1. The van der Waals surface area contributed by atoms with Gasteiger partial charge >= 0.3 is 0 Å². The largest absolute Gasteiger partial charge is 0.496 e. The Bertz CT molecular complexity index is 1030. The fourth-order valence-electron chi connectivity index (χ4n) is 3.95. The van der Waals surface area contributed by atoms with Gasteiger partial charge in [0.25, 0.3) is 0 Å². The predicted octanol–water partition coefficient (Wildman–Crippen LogP) is 4.75. The minimum absolute atomic E-state index is 0.0712. The molecule has 0 heterocycles. The van der Waals surface area contributed by atoms with Gasteiger partial charge in [-0.25, -0.2) is 0 Å². The van der Waals surface area contributed by atoms with E-state index >= 15 is 0 Å². The highest BCUT2D eigenvalue weighted by Gasteiger charge is 2.22. The molecule has 0 aliphatic rings. The van der Waals surface area contributed by atoms with Gasteiger partial charge in [0.05, 0.1) is 13.7 Å². The maximum Gasteiger partial charge on any atom is 0.126 e. The van der Waals surface area contributed by atoms with Gasteiger partial charge in [-0.3, -0.25) is 0 Å². The Labute approximate surface area is 193 Å². The van der Waals surface area contributed by atoms with Crippen molar-refractivity contribution in [3.05, 3.63) is 115 Å². The van der Waals surface area contributed by atoms with Gasteiger partial charge < -0.3 is 9.84 Å². The van der Waals surface area contributed by atoms with Crippen LogP contribution in [0.5, 0.6) is 5.75 Å². The van der Waals surface area contributed by atoms with Crippen LogP contribution in [0.4, 0.5) is 0 Å². The fourth-order valence-corrected chi connectivity index (χ4v) is 9.63. The van der Waals surface area contributed by atoms with Crippen LogP contribution in [0.25, 0.3) is 0 Å². The first-order valence-electron chi connectivity index (χ1n) is 10.8. The van der Waals surface area contributed by atoms with E-state index in [0.29, 0.717) is 0 Å². The normalized spacial score (nSPS) is 12.8. The molecule has 162 valence electrons. The standard InChI is InChI=1S/C28H28O2P2/c1-30-26-17-9-11-19-28(26)32(25-15-6-3-7-16-25)21-20-31(24-13-4-2-5-14-24)27-18-10-8-12-23(27)22-29/h2-19,29H,20-22H2,1H3/t31?,32-/m0/s1. The van der Waals surface area contributed by atoms with Gasteiger partial charge in [-0.1, -0.05) is 103 Å². The SMILES string of the molecule is COc1ccccc1[P@@](CCP(c1ccccc1)c1ccccc1CO)c1ccccc1. The highest BCUT2D eigenvalue weighted by molar-refractivity contribution is 7.76. The summed E-state index contributed by atoms with van der Waals surface area (Å²) in [6.45, 7) is 0.0712. The third-order valence-corrected chi connectivity index (χ3v) is 11.0. The first kappa shape index (κ1) is 22.7. The summed E-state index contributed by atoms with van der Waals surface area (Å²) in [7, 11) is 0.590. The second-order valence-corrected chi connectivity index (χ2v) is 12.0. The quantitative estimate of drug-likeness (QED) is 0.367. The third-order valence-electron chi connectivity index (χ3n) is 5.51. The molecule has 0 aromatic heterocycles. The average molecular weight is 458 g/mol. The Morgan fingerprint density at radius 1 is 0.594 bits per heavy atom. The van der Waals surface area contributed by atoms with Crippen molar-refractivity contribution in [2.45, 2.75) is 6.61 Å². The number of hydrogen-bond acceptors (Lipinski definition) is 2. The molecule has 0 aliphatic carbocycles. The Hall–Kier alpha value is -2.50. The topological polar surface area (TPSA) is 29.5 Å². The van der Waals surface area contributed by atoms with E-state index in [-0.39, 0.29) is 6.61 Å². The van der Waals surface area contributed by atoms with Crippen molar-refractivity contribution >= 4 is 37.1 Å². The first-order chi connectivity index (χ1) is 15.8. The molecule has 4 aromatic rings. The molecule has 4 heteroatoms. The van der Waals surface area contributed by atoms with Crippen LogP contribution < -0.4 is 26.0 Å². The lowest BCUT2D eigenvalue weighted by Crippen LogP contribution is -2.22. The van der Waals surface area contributed by atoms with Gasteiger partial charge in [-0.2, -0.15) is 0 Å². The van der Waals surface area contributed by atoms with E-state index in [4.69, 9.17) is 4.74 Å². The monoisotopic (exact) mass is 458 g/mol. The fraction of sp³-hybridized carbons (Fsp3) is 0.143. The Morgan fingerprint density at radius 2 is 1.06 bits per heavy atom. The average Bonchev–Trinajstić information content (AvgIpc) is 2.88. The molecule has 0 saturated heterocycles. The van der Waals surface area contributed by atoms with E-state index in [1.54, 1.807) is 7.11 Å². The number of para-hydroxylation sites is 1. The minimum Gasteiger partial charge on any atom is -0.496 e. The van der Waals surface area contributed by atoms with Gasteiger partial charge in [0.2, 0.25) is 0 Å². The molecule has 1 N–H and O–H groups in total. The maximum absolute atomic E-state index is 10.0. The van der Waals surface area contributed by atoms with Gasteiger partial charge in [-0.15, -0.1) is 0 Å². The van der Waals surface area contributed by atoms with Gasteiger partial charge in [0.15, 0.2) is 0 Å². The van der Waals surface area contributed by atoms with Crippen LogP contribution in [-0.4, -0.2) is 24.5 Å². The highest BCUT2D eigenvalue weighted by Crippen LogP contribution is 2.43. The van der Waals surface area contributed by atoms with Crippen molar-refractivity contribution in [2.24, 2.45) is 0 Å². The van der Waals surface area contributed by atoms with Crippen molar-refractivity contribution in [2.75, 3.05) is 19.4 Å². The number of benzene rings is 4. The molecule has 2 nitrogen and oxygen atoms in total. The molecular weight excluding hydrogens is 430 g/mol. The van der Waals surface area contributed by atoms with Crippen LogP contribution in [0.3, 0.4) is 0 Å². The van der Waals surface area contributed by atoms with E-state index < -0.39 is 15.8 Å². The Kier molecular flexibility index (Phi) is 8.07. The molecule has 0 fully saturated rings.